The minimum absolute atomic E-state index is 0.175. The quantitative estimate of drug-likeness (QED) is 0.385. The van der Waals surface area contributed by atoms with Crippen LogP contribution in [0.2, 0.25) is 0 Å². The van der Waals surface area contributed by atoms with Gasteiger partial charge in [0.05, 0.1) is 25.4 Å². The van der Waals surface area contributed by atoms with E-state index < -0.39 is 0 Å². The highest BCUT2D eigenvalue weighted by molar-refractivity contribution is 5.99. The molecule has 33 heavy (non-hydrogen) atoms. The van der Waals surface area contributed by atoms with Gasteiger partial charge in [0.15, 0.2) is 6.29 Å². The normalized spacial score (nSPS) is 13.4. The molecule has 1 fully saturated rings. The number of aromatic nitrogens is 1. The second kappa shape index (κ2) is 11.2. The minimum Gasteiger partial charge on any atom is -0.380 e. The Kier molecular flexibility index (Phi) is 7.63. The lowest BCUT2D eigenvalue weighted by atomic mass is 10.1. The van der Waals surface area contributed by atoms with Crippen molar-refractivity contribution in [3.63, 3.8) is 0 Å². The number of rotatable bonds is 9. The fraction of sp³-hybridized carbons (Fsp3) is 0.240. The van der Waals surface area contributed by atoms with Crippen molar-refractivity contribution in [1.82, 2.24) is 10.5 Å². The van der Waals surface area contributed by atoms with Gasteiger partial charge in [0.2, 0.25) is 0 Å². The third kappa shape index (κ3) is 5.94. The summed E-state index contributed by atoms with van der Waals surface area (Å²) in [7, 11) is 0. The molecule has 1 aromatic heterocycles. The number of benzene rings is 2. The molecule has 3 aromatic rings. The highest BCUT2D eigenvalue weighted by Gasteiger charge is 2.16. The Balaban J connectivity index is 1.36. The Bertz CT molecular complexity index is 1080. The summed E-state index contributed by atoms with van der Waals surface area (Å²) < 4.78 is 5.40. The number of hydrogen-bond acceptors (Lipinski definition) is 7. The summed E-state index contributed by atoms with van der Waals surface area (Å²) in [6.07, 6.45) is 4.32. The number of aldehydes is 1. The van der Waals surface area contributed by atoms with Gasteiger partial charge in [0, 0.05) is 49.0 Å². The van der Waals surface area contributed by atoms with Gasteiger partial charge in [0.25, 0.3) is 5.91 Å². The van der Waals surface area contributed by atoms with E-state index in [1.54, 1.807) is 30.6 Å². The van der Waals surface area contributed by atoms with E-state index in [1.807, 2.05) is 36.4 Å². The van der Waals surface area contributed by atoms with Crippen molar-refractivity contribution >= 4 is 23.6 Å². The molecule has 1 saturated heterocycles. The molecule has 8 nitrogen and oxygen atoms in total. The number of nitrogens with one attached hydrogen (secondary N) is 2. The first-order valence-electron chi connectivity index (χ1n) is 10.8. The lowest BCUT2D eigenvalue weighted by Gasteiger charge is -2.30. The maximum absolute atomic E-state index is 12.7. The van der Waals surface area contributed by atoms with Crippen LogP contribution in [0.25, 0.3) is 0 Å². The molecule has 1 aliphatic rings. The van der Waals surface area contributed by atoms with Crippen LogP contribution >= 0.6 is 0 Å². The van der Waals surface area contributed by atoms with Crippen molar-refractivity contribution in [1.29, 1.82) is 0 Å². The van der Waals surface area contributed by atoms with E-state index >= 15 is 0 Å². The number of carbonyl (C=O) groups is 2. The topological polar surface area (TPSA) is 92.8 Å². The molecule has 2 heterocycles. The second-order valence-corrected chi connectivity index (χ2v) is 7.58. The number of hydroxylamine groups is 1. The summed E-state index contributed by atoms with van der Waals surface area (Å²) in [4.78, 5) is 35.8. The molecule has 2 N–H and O–H groups in total. The first kappa shape index (κ1) is 22.4. The van der Waals surface area contributed by atoms with Crippen molar-refractivity contribution in [2.45, 2.75) is 13.2 Å². The van der Waals surface area contributed by atoms with Crippen molar-refractivity contribution in [3.05, 3.63) is 89.2 Å². The average molecular weight is 447 g/mol. The number of anilines is 2. The highest BCUT2D eigenvalue weighted by atomic mass is 16.6. The Morgan fingerprint density at radius 1 is 1.06 bits per heavy atom. The van der Waals surface area contributed by atoms with Crippen LogP contribution in [0.5, 0.6) is 0 Å². The van der Waals surface area contributed by atoms with Gasteiger partial charge in [-0.15, -0.1) is 0 Å². The molecule has 0 spiro atoms. The van der Waals surface area contributed by atoms with Gasteiger partial charge in [-0.25, -0.2) is 5.48 Å². The maximum atomic E-state index is 12.7. The van der Waals surface area contributed by atoms with Crippen LogP contribution in [-0.4, -0.2) is 43.5 Å². The van der Waals surface area contributed by atoms with Crippen LogP contribution in [-0.2, 0) is 22.7 Å². The van der Waals surface area contributed by atoms with E-state index in [9.17, 15) is 9.59 Å². The Morgan fingerprint density at radius 3 is 2.64 bits per heavy atom. The zero-order valence-corrected chi connectivity index (χ0v) is 18.2. The van der Waals surface area contributed by atoms with Crippen LogP contribution in [0.3, 0.4) is 0 Å². The van der Waals surface area contributed by atoms with Gasteiger partial charge in [-0.05, 0) is 47.5 Å². The molecule has 2 aromatic carbocycles. The van der Waals surface area contributed by atoms with E-state index in [-0.39, 0.29) is 12.5 Å². The van der Waals surface area contributed by atoms with Crippen LogP contribution in [0, 0.1) is 0 Å². The summed E-state index contributed by atoms with van der Waals surface area (Å²) >= 11 is 0. The lowest BCUT2D eigenvalue weighted by Crippen LogP contribution is -2.36. The van der Waals surface area contributed by atoms with Crippen molar-refractivity contribution in [2.75, 3.05) is 36.5 Å². The number of carbonyl (C=O) groups excluding carboxylic acids is 2. The summed E-state index contributed by atoms with van der Waals surface area (Å²) in [5.41, 5.74) is 7.11. The van der Waals surface area contributed by atoms with Gasteiger partial charge >= 0.3 is 0 Å². The van der Waals surface area contributed by atoms with Crippen molar-refractivity contribution in [2.24, 2.45) is 0 Å². The van der Waals surface area contributed by atoms with Crippen LogP contribution < -0.4 is 15.7 Å². The van der Waals surface area contributed by atoms with E-state index in [4.69, 9.17) is 9.57 Å². The molecule has 0 unspecified atom stereocenters. The predicted octanol–water partition coefficient (Wildman–Crippen LogP) is 3.20. The molecule has 0 atom stereocenters. The second-order valence-electron chi connectivity index (χ2n) is 7.58. The number of morpholine rings is 1. The first-order chi connectivity index (χ1) is 16.2. The molecule has 0 aliphatic carbocycles. The molecular formula is C25H26N4O4. The number of hydrogen-bond donors (Lipinski definition) is 2. The molecular weight excluding hydrogens is 420 g/mol. The summed E-state index contributed by atoms with van der Waals surface area (Å²) in [5.74, 6) is -0.342. The average Bonchev–Trinajstić information content (AvgIpc) is 2.88. The van der Waals surface area contributed by atoms with Gasteiger partial charge in [-0.2, -0.15) is 0 Å². The largest absolute Gasteiger partial charge is 0.380 e. The molecule has 0 radical (unpaired) electrons. The standard InChI is InChI=1S/C25H26N4O4/c30-17-21-6-5-20(15-24(21)29-11-13-32-14-12-29)18-33-28-25(31)22-3-1-2-4-23(22)27-16-19-7-9-26-10-8-19/h1-10,15,17,27H,11-14,16,18H2,(H,28,31). The summed E-state index contributed by atoms with van der Waals surface area (Å²) in [5, 5.41) is 3.28. The van der Waals surface area contributed by atoms with Crippen molar-refractivity contribution in [3.8, 4) is 0 Å². The zero-order chi connectivity index (χ0) is 22.9. The van der Waals surface area contributed by atoms with Gasteiger partial charge < -0.3 is 15.0 Å². The number of nitrogens with zero attached hydrogens (tertiary/aromatic N) is 2. The van der Waals surface area contributed by atoms with Gasteiger partial charge in [0.1, 0.15) is 0 Å². The lowest BCUT2D eigenvalue weighted by molar-refractivity contribution is 0.0234. The molecule has 8 heteroatoms. The first-order valence-corrected chi connectivity index (χ1v) is 10.8. The highest BCUT2D eigenvalue weighted by Crippen LogP contribution is 2.23. The van der Waals surface area contributed by atoms with Crippen LogP contribution in [0.4, 0.5) is 11.4 Å². The molecule has 1 amide bonds. The van der Waals surface area contributed by atoms with E-state index in [0.717, 1.165) is 36.2 Å². The Labute approximate surface area is 192 Å². The van der Waals surface area contributed by atoms with E-state index in [2.05, 4.69) is 20.7 Å². The van der Waals surface area contributed by atoms with Gasteiger partial charge in [-0.1, -0.05) is 18.2 Å². The monoisotopic (exact) mass is 446 g/mol. The fourth-order valence-corrected chi connectivity index (χ4v) is 3.63. The smallest absolute Gasteiger partial charge is 0.276 e. The Morgan fingerprint density at radius 2 is 1.85 bits per heavy atom. The number of para-hydroxylation sites is 1. The van der Waals surface area contributed by atoms with Crippen LogP contribution in [0.1, 0.15) is 31.8 Å². The minimum atomic E-state index is -0.342. The van der Waals surface area contributed by atoms with Gasteiger partial charge in [-0.3, -0.25) is 19.4 Å². The molecule has 170 valence electrons. The fourth-order valence-electron chi connectivity index (χ4n) is 3.63. The van der Waals surface area contributed by atoms with E-state index in [0.29, 0.717) is 36.6 Å². The molecule has 0 saturated carbocycles. The van der Waals surface area contributed by atoms with E-state index in [1.165, 1.54) is 0 Å². The SMILES string of the molecule is O=Cc1ccc(CONC(=O)c2ccccc2NCc2ccncc2)cc1N1CCOCC1. The molecule has 4 rings (SSSR count). The zero-order valence-electron chi connectivity index (χ0n) is 18.2. The summed E-state index contributed by atoms with van der Waals surface area (Å²) in [6.45, 7) is 3.46. The predicted molar refractivity (Wildman–Crippen MR) is 125 cm³/mol. The number of amides is 1. The number of ether oxygens (including phenoxy) is 1. The van der Waals surface area contributed by atoms with Crippen molar-refractivity contribution < 1.29 is 19.2 Å². The Hall–Kier alpha value is -3.75. The third-order valence-corrected chi connectivity index (χ3v) is 5.38. The number of pyridine rings is 1. The molecule has 0 bridgehead atoms. The molecule has 1 aliphatic heterocycles. The maximum Gasteiger partial charge on any atom is 0.276 e. The summed E-state index contributed by atoms with van der Waals surface area (Å²) in [6, 6.07) is 16.6. The van der Waals surface area contributed by atoms with Crippen LogP contribution in [0.15, 0.2) is 67.0 Å². The third-order valence-electron chi connectivity index (χ3n) is 5.38.